The quantitative estimate of drug-likeness (QED) is 0.178. The van der Waals surface area contributed by atoms with Crippen molar-refractivity contribution in [3.05, 3.63) is 16.0 Å². The number of carbonyl (C=O) groups is 2. The molecule has 3 N–H and O–H groups in total. The fourth-order valence-corrected chi connectivity index (χ4v) is 5.34. The van der Waals surface area contributed by atoms with Crippen LogP contribution in [0.4, 0.5) is 5.13 Å². The maximum Gasteiger partial charge on any atom is 0.360 e. The molecule has 2 rings (SSSR count). The van der Waals surface area contributed by atoms with Crippen molar-refractivity contribution in [2.45, 2.75) is 45.4 Å². The molecule has 1 aliphatic heterocycles. The van der Waals surface area contributed by atoms with E-state index in [0.717, 1.165) is 29.9 Å². The summed E-state index contributed by atoms with van der Waals surface area (Å²) in [5.41, 5.74) is 0.637. The van der Waals surface area contributed by atoms with Gasteiger partial charge < -0.3 is 15.5 Å². The number of amides is 1. The van der Waals surface area contributed by atoms with Gasteiger partial charge in [-0.2, -0.15) is 4.48 Å². The average Bonchev–Trinajstić information content (AvgIpc) is 3.20. The van der Waals surface area contributed by atoms with Crippen LogP contribution in [0, 0.1) is 0 Å². The minimum absolute atomic E-state index is 0.0452. The molecule has 1 atom stereocenters. The normalized spacial score (nSPS) is 20.6. The van der Waals surface area contributed by atoms with Crippen LogP contribution in [0.25, 0.3) is 6.08 Å². The lowest BCUT2D eigenvalue weighted by Crippen LogP contribution is -2.55. The zero-order valence-electron chi connectivity index (χ0n) is 16.6. The Balaban J connectivity index is 1.96. The number of rotatable bonds is 13. The van der Waals surface area contributed by atoms with Crippen LogP contribution >= 0.6 is 35.3 Å². The summed E-state index contributed by atoms with van der Waals surface area (Å²) in [6.45, 7) is 2.24. The summed E-state index contributed by atoms with van der Waals surface area (Å²) in [6, 6.07) is 0. The molecule has 1 unspecified atom stereocenters. The molecule has 0 radical (unpaired) electrons. The molecule has 1 amide bonds. The van der Waals surface area contributed by atoms with E-state index in [1.54, 1.807) is 6.08 Å². The number of aliphatic hydroxyl groups is 1. The van der Waals surface area contributed by atoms with Crippen molar-refractivity contribution in [3.63, 3.8) is 0 Å². The lowest BCUT2D eigenvalue weighted by molar-refractivity contribution is -0.746. The molecular formula is C19H28N3O4S3+. The Hall–Kier alpha value is -1.33. The van der Waals surface area contributed by atoms with E-state index >= 15 is 0 Å². The number of aromatic nitrogens is 1. The number of thiocarbonyl (C=S) groups is 1. The van der Waals surface area contributed by atoms with Gasteiger partial charge in [0.15, 0.2) is 11.7 Å². The van der Waals surface area contributed by atoms with Gasteiger partial charge in [0.1, 0.15) is 11.4 Å². The number of carboxylic acids is 1. The second-order valence-electron chi connectivity index (χ2n) is 6.92. The van der Waals surface area contributed by atoms with Gasteiger partial charge in [-0.25, -0.2) is 14.6 Å². The van der Waals surface area contributed by atoms with Crippen molar-refractivity contribution in [1.82, 2.24) is 4.98 Å². The maximum absolute atomic E-state index is 12.9. The summed E-state index contributed by atoms with van der Waals surface area (Å²) < 4.78 is -0.292. The van der Waals surface area contributed by atoms with Crippen LogP contribution in [0.15, 0.2) is 10.3 Å². The molecule has 160 valence electrons. The average molecular weight is 459 g/mol. The number of thiazole rings is 1. The number of anilines is 1. The Bertz CT molecular complexity index is 766. The number of hydrogen-bond donors (Lipinski definition) is 3. The number of nitrogens with zero attached hydrogens (tertiary/aromatic N) is 2. The summed E-state index contributed by atoms with van der Waals surface area (Å²) >= 11 is 7.84. The first-order valence-electron chi connectivity index (χ1n) is 9.81. The van der Waals surface area contributed by atoms with E-state index < -0.39 is 22.9 Å². The first-order valence-corrected chi connectivity index (χ1v) is 11.9. The summed E-state index contributed by atoms with van der Waals surface area (Å²) in [5, 5.41) is 24.5. The molecule has 1 saturated heterocycles. The highest BCUT2D eigenvalue weighted by Gasteiger charge is 2.52. The van der Waals surface area contributed by atoms with Crippen LogP contribution in [-0.4, -0.2) is 62.1 Å². The van der Waals surface area contributed by atoms with Gasteiger partial charge in [0.25, 0.3) is 0 Å². The fourth-order valence-electron chi connectivity index (χ4n) is 3.09. The van der Waals surface area contributed by atoms with Gasteiger partial charge >= 0.3 is 11.9 Å². The first kappa shape index (κ1) is 23.9. The van der Waals surface area contributed by atoms with Gasteiger partial charge in [-0.15, -0.1) is 11.3 Å². The standard InChI is InChI=1S/C19H27N3O4S3/c1-2-3-4-5-6-7-8-20-18-21-14(13-28-18)11-15-17(26)22(9-10-23,12-16(24)25)19(27)29-15/h11,13,23H,2-10,12H2,1H3,(H-,20,21,24,25)/p+1. The van der Waals surface area contributed by atoms with Crippen molar-refractivity contribution in [2.24, 2.45) is 0 Å². The summed E-state index contributed by atoms with van der Waals surface area (Å²) in [6.07, 6.45) is 9.03. The molecule has 1 aromatic heterocycles. The highest BCUT2D eigenvalue weighted by atomic mass is 32.2. The van der Waals surface area contributed by atoms with Crippen molar-refractivity contribution in [1.29, 1.82) is 0 Å². The highest BCUT2D eigenvalue weighted by Crippen LogP contribution is 2.38. The highest BCUT2D eigenvalue weighted by molar-refractivity contribution is 8.26. The number of thioether (sulfide) groups is 1. The van der Waals surface area contributed by atoms with Gasteiger partial charge in [-0.05, 0) is 36.5 Å². The van der Waals surface area contributed by atoms with E-state index in [1.807, 2.05) is 5.38 Å². The van der Waals surface area contributed by atoms with Crippen LogP contribution in [0.1, 0.15) is 51.1 Å². The topological polar surface area (TPSA) is 99.5 Å². The first-order chi connectivity index (χ1) is 13.9. The Morgan fingerprint density at radius 2 is 2.03 bits per heavy atom. The number of quaternary nitrogens is 1. The molecule has 0 saturated carbocycles. The molecule has 0 bridgehead atoms. The van der Waals surface area contributed by atoms with E-state index in [2.05, 4.69) is 17.2 Å². The second kappa shape index (κ2) is 11.8. The predicted octanol–water partition coefficient (Wildman–Crippen LogP) is 3.71. The lowest BCUT2D eigenvalue weighted by atomic mass is 10.1. The lowest BCUT2D eigenvalue weighted by Gasteiger charge is -2.26. The second-order valence-corrected chi connectivity index (χ2v) is 9.45. The molecule has 0 aromatic carbocycles. The van der Waals surface area contributed by atoms with E-state index in [0.29, 0.717) is 10.6 Å². The minimum Gasteiger partial charge on any atom is -0.477 e. The molecule has 0 spiro atoms. The Morgan fingerprint density at radius 3 is 2.72 bits per heavy atom. The monoisotopic (exact) mass is 458 g/mol. The van der Waals surface area contributed by atoms with Crippen molar-refractivity contribution < 1.29 is 24.3 Å². The largest absolute Gasteiger partial charge is 0.477 e. The number of carbonyl (C=O) groups excluding carboxylic acids is 1. The molecule has 7 nitrogen and oxygen atoms in total. The Labute approximate surface area is 184 Å². The van der Waals surface area contributed by atoms with Crippen LogP contribution in [0.3, 0.4) is 0 Å². The minimum atomic E-state index is -1.13. The molecule has 10 heteroatoms. The molecule has 2 heterocycles. The van der Waals surface area contributed by atoms with Gasteiger partial charge in [-0.1, -0.05) is 39.0 Å². The molecular weight excluding hydrogens is 430 g/mol. The summed E-state index contributed by atoms with van der Waals surface area (Å²) in [5.74, 6) is -1.53. The molecule has 1 aromatic rings. The van der Waals surface area contributed by atoms with E-state index in [-0.39, 0.29) is 17.5 Å². The summed E-state index contributed by atoms with van der Waals surface area (Å²) in [4.78, 5) is 29.0. The summed E-state index contributed by atoms with van der Waals surface area (Å²) in [7, 11) is 0. The molecule has 1 fully saturated rings. The van der Waals surface area contributed by atoms with Crippen LogP contribution in [-0.2, 0) is 9.59 Å². The van der Waals surface area contributed by atoms with Gasteiger partial charge in [0.05, 0.1) is 12.3 Å². The predicted molar refractivity (Wildman–Crippen MR) is 122 cm³/mol. The van der Waals surface area contributed by atoms with Crippen molar-refractivity contribution in [2.75, 3.05) is 31.6 Å². The smallest absolute Gasteiger partial charge is 0.360 e. The van der Waals surface area contributed by atoms with Gasteiger partial charge in [-0.3, -0.25) is 0 Å². The number of carboxylic acid groups (broad SMARTS) is 1. The van der Waals surface area contributed by atoms with E-state index in [9.17, 15) is 19.8 Å². The van der Waals surface area contributed by atoms with Gasteiger partial charge in [0.2, 0.25) is 4.32 Å². The third-order valence-corrected chi connectivity index (χ3v) is 7.09. The number of aliphatic carboxylic acids is 1. The van der Waals surface area contributed by atoms with Crippen LogP contribution < -0.4 is 5.32 Å². The van der Waals surface area contributed by atoms with E-state index in [4.69, 9.17) is 12.2 Å². The number of aliphatic hydroxyl groups excluding tert-OH is 1. The molecule has 0 aliphatic carbocycles. The third-order valence-electron chi connectivity index (χ3n) is 4.64. The number of unbranched alkanes of at least 4 members (excludes halogenated alkanes) is 5. The van der Waals surface area contributed by atoms with Crippen molar-refractivity contribution in [3.8, 4) is 0 Å². The third kappa shape index (κ3) is 6.58. The van der Waals surface area contributed by atoms with Crippen LogP contribution in [0.2, 0.25) is 0 Å². The number of hydrogen-bond acceptors (Lipinski definition) is 8. The van der Waals surface area contributed by atoms with Crippen LogP contribution in [0.5, 0.6) is 0 Å². The van der Waals surface area contributed by atoms with Gasteiger partial charge in [0, 0.05) is 11.9 Å². The number of nitrogens with one attached hydrogen (secondary N) is 1. The van der Waals surface area contributed by atoms with E-state index in [1.165, 1.54) is 43.4 Å². The van der Waals surface area contributed by atoms with Crippen molar-refractivity contribution >= 4 is 62.7 Å². The SMILES string of the molecule is CCCCCCCCNc1nc(C=C2SC(=S)[N+](CCO)(CC(=O)O)C2=O)cs1. The molecule has 1 aliphatic rings. The zero-order chi connectivity index (χ0) is 21.3. The molecule has 29 heavy (non-hydrogen) atoms. The zero-order valence-corrected chi connectivity index (χ0v) is 19.0. The Kier molecular flexibility index (Phi) is 9.70. The maximum atomic E-state index is 12.9. The Morgan fingerprint density at radius 1 is 1.31 bits per heavy atom. The fraction of sp³-hybridized carbons (Fsp3) is 0.579.